The summed E-state index contributed by atoms with van der Waals surface area (Å²) in [4.78, 5) is 16.6. The summed E-state index contributed by atoms with van der Waals surface area (Å²) >= 11 is 3.18. The van der Waals surface area contributed by atoms with Crippen molar-refractivity contribution in [1.82, 2.24) is 4.90 Å². The number of allylic oxidation sites excluding steroid dienone is 2. The molecule has 0 aliphatic carbocycles. The molecule has 1 rings (SSSR count). The molecule has 17 heavy (non-hydrogen) atoms. The zero-order chi connectivity index (χ0) is 13.0. The molecule has 0 aromatic heterocycles. The Morgan fingerprint density at radius 3 is 2.88 bits per heavy atom. The highest BCUT2D eigenvalue weighted by molar-refractivity contribution is 9.11. The molecule has 0 spiro atoms. The van der Waals surface area contributed by atoms with Gasteiger partial charge >= 0.3 is 5.97 Å². The summed E-state index contributed by atoms with van der Waals surface area (Å²) in [5.41, 5.74) is -0.0634. The lowest BCUT2D eigenvalue weighted by Gasteiger charge is -2.25. The lowest BCUT2D eigenvalue weighted by atomic mass is 10.3. The Labute approximate surface area is 108 Å². The summed E-state index contributed by atoms with van der Waals surface area (Å²) < 4.78 is 5.95. The molecule has 0 fully saturated rings. The van der Waals surface area contributed by atoms with E-state index in [0.29, 0.717) is 22.8 Å². The van der Waals surface area contributed by atoms with Crippen molar-refractivity contribution < 1.29 is 14.6 Å². The van der Waals surface area contributed by atoms with Crippen molar-refractivity contribution in [2.45, 2.75) is 6.92 Å². The van der Waals surface area contributed by atoms with Crippen LogP contribution < -0.4 is 0 Å². The molecular weight excluding hydrogens is 288 g/mol. The third-order valence-electron chi connectivity index (χ3n) is 1.97. The Kier molecular flexibility index (Phi) is 4.51. The van der Waals surface area contributed by atoms with Gasteiger partial charge in [0, 0.05) is 17.6 Å². The van der Waals surface area contributed by atoms with Crippen LogP contribution in [-0.2, 0) is 9.53 Å². The van der Waals surface area contributed by atoms with E-state index in [-0.39, 0.29) is 5.71 Å². The van der Waals surface area contributed by atoms with Crippen LogP contribution in [0.5, 0.6) is 0 Å². The molecule has 6 heteroatoms. The van der Waals surface area contributed by atoms with Gasteiger partial charge in [-0.2, -0.15) is 0 Å². The number of carboxylic acid groups (broad SMARTS) is 1. The lowest BCUT2D eigenvalue weighted by molar-refractivity contribution is -0.129. The van der Waals surface area contributed by atoms with E-state index < -0.39 is 5.97 Å². The molecule has 0 atom stereocenters. The Morgan fingerprint density at radius 1 is 1.76 bits per heavy atom. The van der Waals surface area contributed by atoms with Crippen LogP contribution in [0.25, 0.3) is 0 Å². The van der Waals surface area contributed by atoms with Crippen LogP contribution in [-0.4, -0.2) is 35.3 Å². The number of ether oxygens (including phenoxy) is 1. The third-order valence-corrected chi connectivity index (χ3v) is 2.20. The minimum absolute atomic E-state index is 0.0634. The summed E-state index contributed by atoms with van der Waals surface area (Å²) in [5.74, 6) is -0.198. The number of rotatable bonds is 4. The first kappa shape index (κ1) is 13.5. The Bertz CT molecular complexity index is 438. The summed E-state index contributed by atoms with van der Waals surface area (Å²) in [6.07, 6.45) is 3.01. The lowest BCUT2D eigenvalue weighted by Crippen LogP contribution is -2.27. The van der Waals surface area contributed by atoms with Gasteiger partial charge in [0.25, 0.3) is 0 Å². The predicted octanol–water partition coefficient (Wildman–Crippen LogP) is 2.09. The predicted molar refractivity (Wildman–Crippen MR) is 68.7 cm³/mol. The van der Waals surface area contributed by atoms with Crippen molar-refractivity contribution in [1.29, 1.82) is 0 Å². The second kappa shape index (κ2) is 5.67. The van der Waals surface area contributed by atoms with Crippen LogP contribution in [0.1, 0.15) is 6.92 Å². The highest BCUT2D eigenvalue weighted by atomic mass is 79.9. The molecule has 0 saturated carbocycles. The van der Waals surface area contributed by atoms with Crippen LogP contribution in [0.2, 0.25) is 0 Å². The van der Waals surface area contributed by atoms with E-state index in [4.69, 9.17) is 9.84 Å². The molecule has 0 radical (unpaired) electrons. The topological polar surface area (TPSA) is 62.1 Å². The van der Waals surface area contributed by atoms with Gasteiger partial charge in [-0.1, -0.05) is 22.5 Å². The van der Waals surface area contributed by atoms with Gasteiger partial charge in [-0.25, -0.2) is 9.79 Å². The van der Waals surface area contributed by atoms with Crippen molar-refractivity contribution in [3.8, 4) is 0 Å². The summed E-state index contributed by atoms with van der Waals surface area (Å²) in [7, 11) is 1.74. The zero-order valence-corrected chi connectivity index (χ0v) is 11.2. The van der Waals surface area contributed by atoms with Gasteiger partial charge in [0.05, 0.1) is 6.61 Å². The number of nitrogens with zero attached hydrogens (tertiary/aromatic N) is 2. The Hall–Kier alpha value is -1.56. The van der Waals surface area contributed by atoms with Gasteiger partial charge < -0.3 is 14.7 Å². The highest BCUT2D eigenvalue weighted by Gasteiger charge is 2.21. The minimum Gasteiger partial charge on any atom is -0.479 e. The molecule has 1 aliphatic heterocycles. The number of carboxylic acids is 1. The van der Waals surface area contributed by atoms with Gasteiger partial charge in [0.15, 0.2) is 11.6 Å². The minimum atomic E-state index is -1.10. The van der Waals surface area contributed by atoms with Crippen molar-refractivity contribution in [3.05, 3.63) is 34.9 Å². The molecule has 0 aromatic rings. The normalized spacial score (nSPS) is 17.6. The Balaban J connectivity index is 3.15. The smallest absolute Gasteiger partial charge is 0.354 e. The summed E-state index contributed by atoms with van der Waals surface area (Å²) in [6.45, 7) is 5.94. The van der Waals surface area contributed by atoms with E-state index in [1.165, 1.54) is 6.08 Å². The van der Waals surface area contributed by atoms with E-state index in [1.54, 1.807) is 18.0 Å². The van der Waals surface area contributed by atoms with Crippen LogP contribution >= 0.6 is 15.9 Å². The van der Waals surface area contributed by atoms with Crippen molar-refractivity contribution in [2.24, 2.45) is 4.99 Å². The molecule has 0 unspecified atom stereocenters. The largest absolute Gasteiger partial charge is 0.479 e. The van der Waals surface area contributed by atoms with Crippen molar-refractivity contribution in [3.63, 3.8) is 0 Å². The molecule has 0 amide bonds. The van der Waals surface area contributed by atoms with E-state index >= 15 is 0 Å². The van der Waals surface area contributed by atoms with Crippen molar-refractivity contribution >= 4 is 27.6 Å². The maximum atomic E-state index is 10.9. The summed E-state index contributed by atoms with van der Waals surface area (Å²) in [5, 5.41) is 8.95. The molecule has 0 saturated heterocycles. The van der Waals surface area contributed by atoms with E-state index in [2.05, 4.69) is 27.5 Å². The van der Waals surface area contributed by atoms with Gasteiger partial charge in [-0.3, -0.25) is 0 Å². The fourth-order valence-corrected chi connectivity index (χ4v) is 1.43. The number of halogens is 1. The zero-order valence-electron chi connectivity index (χ0n) is 9.61. The maximum Gasteiger partial charge on any atom is 0.354 e. The first-order valence-electron chi connectivity index (χ1n) is 4.92. The van der Waals surface area contributed by atoms with E-state index in [9.17, 15) is 4.79 Å². The number of carbonyl (C=O) groups is 1. The fraction of sp³-hybridized carbons (Fsp3) is 0.273. The highest BCUT2D eigenvalue weighted by Crippen LogP contribution is 2.21. The van der Waals surface area contributed by atoms with E-state index in [0.717, 1.165) is 0 Å². The maximum absolute atomic E-state index is 10.9. The van der Waals surface area contributed by atoms with Gasteiger partial charge in [-0.05, 0) is 13.0 Å². The average Bonchev–Trinajstić information content (AvgIpc) is 2.23. The number of aliphatic carboxylic acids is 1. The fourth-order valence-electron chi connectivity index (χ4n) is 1.22. The number of hydrogen-bond donors (Lipinski definition) is 1. The van der Waals surface area contributed by atoms with Crippen molar-refractivity contribution in [2.75, 3.05) is 13.7 Å². The number of aliphatic imine (C=N–C) groups is 1. The van der Waals surface area contributed by atoms with E-state index in [1.807, 2.05) is 6.92 Å². The third kappa shape index (κ3) is 3.45. The van der Waals surface area contributed by atoms with Crippen LogP contribution in [0.4, 0.5) is 0 Å². The standard InChI is InChI=1S/C11H13BrN2O3/c1-4-17-10-6-8(11(15)16)13-9(14(10)3)5-7(2)12/h5-6H,2,4H2,1,3H3,(H,15,16)/b9-5-. The first-order valence-corrected chi connectivity index (χ1v) is 5.71. The summed E-state index contributed by atoms with van der Waals surface area (Å²) in [6, 6.07) is 0. The Morgan fingerprint density at radius 2 is 2.41 bits per heavy atom. The molecule has 1 N–H and O–H groups in total. The van der Waals surface area contributed by atoms with Crippen LogP contribution in [0.15, 0.2) is 39.9 Å². The van der Waals surface area contributed by atoms with Gasteiger partial charge in [0.1, 0.15) is 5.82 Å². The average molecular weight is 301 g/mol. The monoisotopic (exact) mass is 300 g/mol. The molecule has 5 nitrogen and oxygen atoms in total. The second-order valence-electron chi connectivity index (χ2n) is 3.23. The van der Waals surface area contributed by atoms with Crippen LogP contribution in [0, 0.1) is 0 Å². The van der Waals surface area contributed by atoms with Gasteiger partial charge in [-0.15, -0.1) is 0 Å². The molecular formula is C11H13BrN2O3. The SMILES string of the molecule is C=C(Br)/C=C1/N=C(C(=O)O)C=C(OCC)N1C. The molecule has 0 aromatic carbocycles. The molecule has 92 valence electrons. The molecule has 0 bridgehead atoms. The molecule has 1 aliphatic rings. The van der Waals surface area contributed by atoms with Crippen LogP contribution in [0.3, 0.4) is 0 Å². The van der Waals surface area contributed by atoms with Gasteiger partial charge in [0.2, 0.25) is 0 Å². The molecule has 1 heterocycles. The second-order valence-corrected chi connectivity index (χ2v) is 4.24. The first-order chi connectivity index (χ1) is 7.95. The number of hydrogen-bond acceptors (Lipinski definition) is 4. The quantitative estimate of drug-likeness (QED) is 0.863.